The molecule has 1 heterocycles. The molecule has 0 aliphatic heterocycles. The van der Waals surface area contributed by atoms with Crippen molar-refractivity contribution >= 4 is 0 Å². The van der Waals surface area contributed by atoms with Crippen molar-refractivity contribution in [3.63, 3.8) is 0 Å². The smallest absolute Gasteiger partial charge is 0.319 e. The summed E-state index contributed by atoms with van der Waals surface area (Å²) in [6.07, 6.45) is 0.930. The van der Waals surface area contributed by atoms with Gasteiger partial charge in [0.15, 0.2) is 0 Å². The second-order valence-corrected chi connectivity index (χ2v) is 4.37. The van der Waals surface area contributed by atoms with Crippen LogP contribution in [0.2, 0.25) is 0 Å². The standard InChI is InChI=1S/C13H23N3O2/c1-5-17-12-9-11(4)15-13(16-12)18-8-6-7-14-10(2)3/h9-10,14H,5-8H2,1-4H3. The van der Waals surface area contributed by atoms with E-state index >= 15 is 0 Å². The molecule has 0 aliphatic rings. The van der Waals surface area contributed by atoms with Gasteiger partial charge in [-0.25, -0.2) is 4.98 Å². The van der Waals surface area contributed by atoms with E-state index in [1.165, 1.54) is 0 Å². The largest absolute Gasteiger partial charge is 0.478 e. The van der Waals surface area contributed by atoms with Crippen LogP contribution in [-0.2, 0) is 0 Å². The fourth-order valence-electron chi connectivity index (χ4n) is 1.43. The van der Waals surface area contributed by atoms with E-state index in [4.69, 9.17) is 9.47 Å². The highest BCUT2D eigenvalue weighted by Crippen LogP contribution is 2.13. The Labute approximate surface area is 109 Å². The van der Waals surface area contributed by atoms with E-state index in [2.05, 4.69) is 29.1 Å². The summed E-state index contributed by atoms with van der Waals surface area (Å²) in [6.45, 7) is 10.2. The van der Waals surface area contributed by atoms with E-state index in [1.807, 2.05) is 13.8 Å². The van der Waals surface area contributed by atoms with Gasteiger partial charge in [-0.05, 0) is 26.8 Å². The van der Waals surface area contributed by atoms with Crippen molar-refractivity contribution in [3.05, 3.63) is 11.8 Å². The van der Waals surface area contributed by atoms with Crippen molar-refractivity contribution < 1.29 is 9.47 Å². The maximum absolute atomic E-state index is 5.51. The van der Waals surface area contributed by atoms with Gasteiger partial charge in [0, 0.05) is 17.8 Å². The van der Waals surface area contributed by atoms with Gasteiger partial charge < -0.3 is 14.8 Å². The first-order valence-corrected chi connectivity index (χ1v) is 6.46. The Morgan fingerprint density at radius 3 is 2.72 bits per heavy atom. The van der Waals surface area contributed by atoms with Crippen LogP contribution in [0.4, 0.5) is 0 Å². The van der Waals surface area contributed by atoms with Crippen molar-refractivity contribution in [2.75, 3.05) is 19.8 Å². The van der Waals surface area contributed by atoms with Crippen LogP contribution in [0.15, 0.2) is 6.07 Å². The molecular formula is C13H23N3O2. The van der Waals surface area contributed by atoms with E-state index < -0.39 is 0 Å². The lowest BCUT2D eigenvalue weighted by molar-refractivity contribution is 0.269. The number of nitrogens with one attached hydrogen (secondary N) is 1. The van der Waals surface area contributed by atoms with Gasteiger partial charge in [0.2, 0.25) is 5.88 Å². The molecule has 0 bridgehead atoms. The molecule has 5 heteroatoms. The minimum atomic E-state index is 0.392. The summed E-state index contributed by atoms with van der Waals surface area (Å²) in [6, 6.07) is 2.70. The zero-order valence-electron chi connectivity index (χ0n) is 11.7. The van der Waals surface area contributed by atoms with E-state index in [0.717, 1.165) is 18.7 Å². The number of rotatable bonds is 8. The predicted molar refractivity (Wildman–Crippen MR) is 71.2 cm³/mol. The Bertz CT molecular complexity index is 356. The first-order chi connectivity index (χ1) is 8.61. The van der Waals surface area contributed by atoms with Crippen LogP contribution in [0, 0.1) is 6.92 Å². The molecule has 0 amide bonds. The topological polar surface area (TPSA) is 56.3 Å². The normalized spacial score (nSPS) is 10.7. The van der Waals surface area contributed by atoms with Crippen LogP contribution in [0.3, 0.4) is 0 Å². The molecule has 1 aromatic rings. The zero-order chi connectivity index (χ0) is 13.4. The average Bonchev–Trinajstić information content (AvgIpc) is 2.28. The van der Waals surface area contributed by atoms with Crippen LogP contribution in [0.5, 0.6) is 11.9 Å². The molecule has 0 aromatic carbocycles. The number of hydrogen-bond acceptors (Lipinski definition) is 5. The third-order valence-electron chi connectivity index (χ3n) is 2.21. The second kappa shape index (κ2) is 7.87. The van der Waals surface area contributed by atoms with Crippen LogP contribution < -0.4 is 14.8 Å². The summed E-state index contributed by atoms with van der Waals surface area (Å²) >= 11 is 0. The van der Waals surface area contributed by atoms with E-state index in [-0.39, 0.29) is 0 Å². The van der Waals surface area contributed by atoms with Crippen LogP contribution in [0.25, 0.3) is 0 Å². The molecule has 0 saturated heterocycles. The van der Waals surface area contributed by atoms with Gasteiger partial charge >= 0.3 is 6.01 Å². The number of hydrogen-bond donors (Lipinski definition) is 1. The molecule has 0 fully saturated rings. The number of ether oxygens (including phenoxy) is 2. The van der Waals surface area contributed by atoms with Crippen LogP contribution >= 0.6 is 0 Å². The first kappa shape index (κ1) is 14.7. The molecule has 0 saturated carbocycles. The molecule has 1 aromatic heterocycles. The Balaban J connectivity index is 2.37. The van der Waals surface area contributed by atoms with E-state index in [9.17, 15) is 0 Å². The number of aryl methyl sites for hydroxylation is 1. The molecule has 0 atom stereocenters. The van der Waals surface area contributed by atoms with Gasteiger partial charge in [0.25, 0.3) is 0 Å². The number of nitrogens with zero attached hydrogens (tertiary/aromatic N) is 2. The fraction of sp³-hybridized carbons (Fsp3) is 0.692. The SMILES string of the molecule is CCOc1cc(C)nc(OCCCNC(C)C)n1. The van der Waals surface area contributed by atoms with Gasteiger partial charge in [0.1, 0.15) is 0 Å². The van der Waals surface area contributed by atoms with Crippen LogP contribution in [0.1, 0.15) is 32.9 Å². The quantitative estimate of drug-likeness (QED) is 0.718. The average molecular weight is 253 g/mol. The summed E-state index contributed by atoms with van der Waals surface area (Å²) in [5.41, 5.74) is 0.851. The highest BCUT2D eigenvalue weighted by molar-refractivity contribution is 5.17. The summed E-state index contributed by atoms with van der Waals surface area (Å²) in [5, 5.41) is 3.33. The maximum atomic E-state index is 5.51. The van der Waals surface area contributed by atoms with E-state index in [1.54, 1.807) is 6.07 Å². The van der Waals surface area contributed by atoms with E-state index in [0.29, 0.717) is 31.1 Å². The molecular weight excluding hydrogens is 230 g/mol. The Kier molecular flexibility index (Phi) is 6.43. The van der Waals surface area contributed by atoms with Gasteiger partial charge in [0.05, 0.1) is 13.2 Å². The summed E-state index contributed by atoms with van der Waals surface area (Å²) in [7, 11) is 0. The lowest BCUT2D eigenvalue weighted by atomic mass is 10.3. The minimum absolute atomic E-state index is 0.392. The van der Waals surface area contributed by atoms with Crippen molar-refractivity contribution in [2.45, 2.75) is 40.2 Å². The fourth-order valence-corrected chi connectivity index (χ4v) is 1.43. The van der Waals surface area contributed by atoms with Gasteiger partial charge in [-0.2, -0.15) is 4.98 Å². The third-order valence-corrected chi connectivity index (χ3v) is 2.21. The van der Waals surface area contributed by atoms with Gasteiger partial charge in [-0.1, -0.05) is 13.8 Å². The molecule has 102 valence electrons. The maximum Gasteiger partial charge on any atom is 0.319 e. The van der Waals surface area contributed by atoms with Crippen molar-refractivity contribution in [2.24, 2.45) is 0 Å². The zero-order valence-corrected chi connectivity index (χ0v) is 11.7. The Morgan fingerprint density at radius 1 is 1.28 bits per heavy atom. The molecule has 5 nitrogen and oxygen atoms in total. The third kappa shape index (κ3) is 5.82. The monoisotopic (exact) mass is 253 g/mol. The second-order valence-electron chi connectivity index (χ2n) is 4.37. The van der Waals surface area contributed by atoms with Gasteiger partial charge in [-0.15, -0.1) is 0 Å². The summed E-state index contributed by atoms with van der Waals surface area (Å²) in [5.74, 6) is 0.570. The molecule has 0 spiro atoms. The summed E-state index contributed by atoms with van der Waals surface area (Å²) < 4.78 is 10.9. The lowest BCUT2D eigenvalue weighted by Gasteiger charge is -2.09. The van der Waals surface area contributed by atoms with Crippen molar-refractivity contribution in [3.8, 4) is 11.9 Å². The highest BCUT2D eigenvalue weighted by Gasteiger charge is 2.03. The highest BCUT2D eigenvalue weighted by atomic mass is 16.5. The van der Waals surface area contributed by atoms with Crippen molar-refractivity contribution in [1.29, 1.82) is 0 Å². The molecule has 0 aliphatic carbocycles. The van der Waals surface area contributed by atoms with Crippen LogP contribution in [-0.4, -0.2) is 35.8 Å². The Morgan fingerprint density at radius 2 is 2.06 bits per heavy atom. The molecule has 1 rings (SSSR count). The summed E-state index contributed by atoms with van der Waals surface area (Å²) in [4.78, 5) is 8.40. The van der Waals surface area contributed by atoms with Gasteiger partial charge in [-0.3, -0.25) is 0 Å². The predicted octanol–water partition coefficient (Wildman–Crippen LogP) is 1.95. The molecule has 0 unspecified atom stereocenters. The minimum Gasteiger partial charge on any atom is -0.478 e. The first-order valence-electron chi connectivity index (χ1n) is 6.46. The molecule has 1 N–H and O–H groups in total. The number of aromatic nitrogens is 2. The molecule has 0 radical (unpaired) electrons. The Hall–Kier alpha value is -1.36. The molecule has 18 heavy (non-hydrogen) atoms. The van der Waals surface area contributed by atoms with Crippen molar-refractivity contribution in [1.82, 2.24) is 15.3 Å². The lowest BCUT2D eigenvalue weighted by Crippen LogP contribution is -2.24.